The Morgan fingerprint density at radius 3 is 2.41 bits per heavy atom. The molecule has 1 rings (SSSR count). The Kier molecular flexibility index (Phi) is 5.39. The fraction of sp³-hybridized carbons (Fsp3) is 0.300. The highest BCUT2D eigenvalue weighted by molar-refractivity contribution is 7.23. The number of aliphatic carboxylic acids is 1. The van der Waals surface area contributed by atoms with Crippen molar-refractivity contribution in [2.45, 2.75) is 0 Å². The Bertz CT molecular complexity index is 381. The Labute approximate surface area is 99.9 Å². The lowest BCUT2D eigenvalue weighted by atomic mass is 10.3. The van der Waals surface area contributed by atoms with Crippen molar-refractivity contribution in [1.82, 2.24) is 5.06 Å². The topological polar surface area (TPSA) is 76.1 Å². The zero-order valence-corrected chi connectivity index (χ0v) is 10.1. The maximum Gasteiger partial charge on any atom is 0.321 e. The van der Waals surface area contributed by atoms with Crippen LogP contribution in [0.2, 0.25) is 0 Å². The van der Waals surface area contributed by atoms with E-state index < -0.39 is 5.97 Å². The van der Waals surface area contributed by atoms with Gasteiger partial charge in [-0.3, -0.25) is 9.36 Å². The molecule has 1 aromatic carbocycles. The molecule has 1 aromatic rings. The van der Waals surface area contributed by atoms with Crippen molar-refractivity contribution in [3.8, 4) is 11.5 Å². The molecule has 0 amide bonds. The summed E-state index contributed by atoms with van der Waals surface area (Å²) in [6.45, 7) is -0.346. The third-order valence-electron chi connectivity index (χ3n) is 1.82. The van der Waals surface area contributed by atoms with Gasteiger partial charge >= 0.3 is 5.97 Å². The molecule has 0 saturated carbocycles. The fourth-order valence-electron chi connectivity index (χ4n) is 1.11. The fourth-order valence-corrected chi connectivity index (χ4v) is 1.40. The van der Waals surface area contributed by atoms with Gasteiger partial charge in [0.15, 0.2) is 8.46 Å². The molecule has 0 spiro atoms. The monoisotopic (exact) mass is 257 g/mol. The van der Waals surface area contributed by atoms with Crippen LogP contribution in [0.25, 0.3) is 0 Å². The third kappa shape index (κ3) is 4.80. The van der Waals surface area contributed by atoms with E-state index in [9.17, 15) is 9.36 Å². The molecule has 0 saturated heterocycles. The zero-order valence-electron chi connectivity index (χ0n) is 9.20. The van der Waals surface area contributed by atoms with Gasteiger partial charge in [0.1, 0.15) is 24.3 Å². The van der Waals surface area contributed by atoms with Crippen LogP contribution in [-0.4, -0.2) is 36.1 Å². The Morgan fingerprint density at radius 1 is 1.35 bits per heavy atom. The van der Waals surface area contributed by atoms with Crippen LogP contribution in [0.15, 0.2) is 24.3 Å². The van der Waals surface area contributed by atoms with Gasteiger partial charge in [0.25, 0.3) is 0 Å². The van der Waals surface area contributed by atoms with Crippen LogP contribution >= 0.6 is 8.46 Å². The van der Waals surface area contributed by atoms with Gasteiger partial charge in [0, 0.05) is 0 Å². The molecule has 0 bridgehead atoms. The minimum absolute atomic E-state index is 0.0155. The summed E-state index contributed by atoms with van der Waals surface area (Å²) < 4.78 is 15.4. The lowest BCUT2D eigenvalue weighted by molar-refractivity contribution is -0.146. The summed E-state index contributed by atoms with van der Waals surface area (Å²) >= 11 is 0. The van der Waals surface area contributed by atoms with E-state index in [4.69, 9.17) is 14.7 Å². The number of carbonyl (C=O) groups is 1. The van der Waals surface area contributed by atoms with Gasteiger partial charge < -0.3 is 14.7 Å². The molecule has 0 aliphatic heterocycles. The number of ether oxygens (including phenoxy) is 1. The van der Waals surface area contributed by atoms with Gasteiger partial charge in [-0.15, -0.1) is 5.06 Å². The highest BCUT2D eigenvalue weighted by Crippen LogP contribution is 2.18. The van der Waals surface area contributed by atoms with Gasteiger partial charge in [-0.05, 0) is 24.3 Å². The second kappa shape index (κ2) is 6.83. The van der Waals surface area contributed by atoms with E-state index in [1.165, 1.54) is 0 Å². The summed E-state index contributed by atoms with van der Waals surface area (Å²) in [5.41, 5.74) is 0. The van der Waals surface area contributed by atoms with E-state index in [2.05, 4.69) is 0 Å². The van der Waals surface area contributed by atoms with Crippen LogP contribution in [0, 0.1) is 0 Å². The van der Waals surface area contributed by atoms with Crippen molar-refractivity contribution in [2.24, 2.45) is 0 Å². The molecule has 0 aliphatic rings. The molecular formula is C10H12NO5P. The van der Waals surface area contributed by atoms with Crippen LogP contribution in [0.1, 0.15) is 0 Å². The lowest BCUT2D eigenvalue weighted by Gasteiger charge is -2.17. The number of hydrogen-bond acceptors (Lipinski definition) is 5. The van der Waals surface area contributed by atoms with Crippen LogP contribution in [0.5, 0.6) is 11.5 Å². The number of benzene rings is 1. The van der Waals surface area contributed by atoms with Gasteiger partial charge in [0.05, 0.1) is 7.11 Å². The van der Waals surface area contributed by atoms with E-state index in [0.29, 0.717) is 11.5 Å². The van der Waals surface area contributed by atoms with E-state index in [-0.39, 0.29) is 21.3 Å². The highest BCUT2D eigenvalue weighted by atomic mass is 31.1. The largest absolute Gasteiger partial charge is 0.497 e. The van der Waals surface area contributed by atoms with Gasteiger partial charge in [-0.25, -0.2) is 0 Å². The summed E-state index contributed by atoms with van der Waals surface area (Å²) in [7, 11) is 1.34. The number of nitrogens with zero attached hydrogens (tertiary/aromatic N) is 1. The first-order valence-electron chi connectivity index (χ1n) is 4.73. The van der Waals surface area contributed by atoms with Gasteiger partial charge in [0.2, 0.25) is 0 Å². The number of carboxylic acid groups (broad SMARTS) is 1. The van der Waals surface area contributed by atoms with Gasteiger partial charge in [-0.1, -0.05) is 0 Å². The predicted octanol–water partition coefficient (Wildman–Crippen LogP) is 1.62. The normalized spacial score (nSPS) is 10.5. The van der Waals surface area contributed by atoms with Crippen molar-refractivity contribution < 1.29 is 24.0 Å². The van der Waals surface area contributed by atoms with E-state index >= 15 is 0 Å². The standard InChI is InChI=1S/C10H12NO5P/c1-15-8-2-4-9(5-3-8)16-11(7-17-14)6-10(12)13/h2-5H,6-7H2,1H3,(H,12,13). The number of methoxy groups -OCH3 is 1. The molecule has 0 aliphatic carbocycles. The molecule has 92 valence electrons. The molecule has 0 radical (unpaired) electrons. The Balaban J connectivity index is 2.64. The van der Waals surface area contributed by atoms with Crippen molar-refractivity contribution >= 4 is 14.4 Å². The molecule has 0 fully saturated rings. The summed E-state index contributed by atoms with van der Waals surface area (Å²) in [6.07, 6.45) is -0.0155. The average Bonchev–Trinajstić information content (AvgIpc) is 2.29. The number of rotatable bonds is 7. The van der Waals surface area contributed by atoms with Gasteiger partial charge in [-0.2, -0.15) is 0 Å². The minimum Gasteiger partial charge on any atom is -0.497 e. The molecule has 0 unspecified atom stereocenters. The quantitative estimate of drug-likeness (QED) is 0.591. The predicted molar refractivity (Wildman–Crippen MR) is 60.4 cm³/mol. The first kappa shape index (κ1) is 13.4. The number of carboxylic acids is 1. The smallest absolute Gasteiger partial charge is 0.321 e. The Hall–Kier alpha value is -1.65. The van der Waals surface area contributed by atoms with Crippen LogP contribution < -0.4 is 9.57 Å². The molecule has 17 heavy (non-hydrogen) atoms. The SMILES string of the molecule is COc1ccc(ON(CP=O)CC(=O)O)cc1. The molecular weight excluding hydrogens is 245 g/mol. The second-order valence-corrected chi connectivity index (χ2v) is 3.61. The number of hydrogen-bond donors (Lipinski definition) is 1. The molecule has 6 nitrogen and oxygen atoms in total. The van der Waals surface area contributed by atoms with Crippen LogP contribution in [-0.2, 0) is 9.36 Å². The van der Waals surface area contributed by atoms with Crippen molar-refractivity contribution in [3.63, 3.8) is 0 Å². The van der Waals surface area contributed by atoms with E-state index in [0.717, 1.165) is 5.06 Å². The molecule has 7 heteroatoms. The third-order valence-corrected chi connectivity index (χ3v) is 2.25. The maximum atomic E-state index is 10.5. The van der Waals surface area contributed by atoms with Crippen molar-refractivity contribution in [1.29, 1.82) is 0 Å². The maximum absolute atomic E-state index is 10.5. The van der Waals surface area contributed by atoms with Crippen molar-refractivity contribution in [3.05, 3.63) is 24.3 Å². The first-order valence-corrected chi connectivity index (χ1v) is 5.73. The van der Waals surface area contributed by atoms with Crippen LogP contribution in [0.3, 0.4) is 0 Å². The molecule has 0 atom stereocenters. The molecule has 0 aromatic heterocycles. The van der Waals surface area contributed by atoms with E-state index in [1.807, 2.05) is 0 Å². The minimum atomic E-state index is -1.05. The second-order valence-electron chi connectivity index (χ2n) is 3.07. The van der Waals surface area contributed by atoms with Crippen LogP contribution in [0.4, 0.5) is 0 Å². The Morgan fingerprint density at radius 2 is 1.94 bits per heavy atom. The van der Waals surface area contributed by atoms with E-state index in [1.54, 1.807) is 31.4 Å². The summed E-state index contributed by atoms with van der Waals surface area (Å²) in [5.74, 6) is 0.0712. The first-order chi connectivity index (χ1) is 8.15. The van der Waals surface area contributed by atoms with Crippen molar-refractivity contribution in [2.75, 3.05) is 19.9 Å². The molecule has 1 N–H and O–H groups in total. The summed E-state index contributed by atoms with van der Waals surface area (Å²) in [6, 6.07) is 6.64. The average molecular weight is 257 g/mol. The zero-order chi connectivity index (χ0) is 12.7. The lowest BCUT2D eigenvalue weighted by Crippen LogP contribution is -2.31. The number of hydroxylamine groups is 2. The summed E-state index contributed by atoms with van der Waals surface area (Å²) in [4.78, 5) is 15.8. The summed E-state index contributed by atoms with van der Waals surface area (Å²) in [5, 5.41) is 9.72. The molecule has 0 heterocycles. The highest BCUT2D eigenvalue weighted by Gasteiger charge is 2.11.